The van der Waals surface area contributed by atoms with Crippen LogP contribution in [0.3, 0.4) is 0 Å². The summed E-state index contributed by atoms with van der Waals surface area (Å²) in [6.45, 7) is 4.69. The second-order valence-corrected chi connectivity index (χ2v) is 17.8. The highest BCUT2D eigenvalue weighted by molar-refractivity contribution is 6.14. The Morgan fingerprint density at radius 2 is 0.833 bits per heavy atom. The van der Waals surface area contributed by atoms with Gasteiger partial charge >= 0.3 is 0 Å². The predicted octanol–water partition coefficient (Wildman–Crippen LogP) is 16.2. The molecule has 13 aromatic rings. The largest absolute Gasteiger partial charge is 0.456 e. The second kappa shape index (κ2) is 13.7. The minimum atomic E-state index is -0.129. The molecule has 0 atom stereocenters. The van der Waals surface area contributed by atoms with Gasteiger partial charge in [-0.1, -0.05) is 153 Å². The lowest BCUT2D eigenvalue weighted by Gasteiger charge is -2.24. The summed E-state index contributed by atoms with van der Waals surface area (Å²) in [6.07, 6.45) is 0. The molecular formula is C60H37N3O3. The number of nitrogens with zero attached hydrogens (tertiary/aromatic N) is 3. The standard InChI is InChI=1S/C60H37N3O3/c1-60(2)47-25-6-3-16-38(47)40-20-10-19-37(55(40)60)36-15-9-14-34(32-36)35-30-31-50-46(33-35)54-44(23-13-29-52(54)65-50)58-61-57(43-22-12-28-51-53(43)42-18-5-8-27-49(42)64-51)62-59(63-58)45-24-11-21-41-39-17-4-7-26-48(39)66-56(41)45/h3-33H,1-2H3. The van der Waals surface area contributed by atoms with Crippen molar-refractivity contribution in [3.05, 3.63) is 199 Å². The van der Waals surface area contributed by atoms with Crippen molar-refractivity contribution in [3.63, 3.8) is 0 Å². The van der Waals surface area contributed by atoms with Gasteiger partial charge in [-0.15, -0.1) is 0 Å². The molecule has 4 aromatic heterocycles. The van der Waals surface area contributed by atoms with Gasteiger partial charge in [0, 0.05) is 48.9 Å². The smallest absolute Gasteiger partial charge is 0.167 e. The van der Waals surface area contributed by atoms with Gasteiger partial charge in [-0.25, -0.2) is 15.0 Å². The van der Waals surface area contributed by atoms with Crippen LogP contribution in [0.4, 0.5) is 0 Å². The van der Waals surface area contributed by atoms with Gasteiger partial charge in [0.2, 0.25) is 0 Å². The summed E-state index contributed by atoms with van der Waals surface area (Å²) < 4.78 is 19.5. The highest BCUT2D eigenvalue weighted by Gasteiger charge is 2.37. The number of aromatic nitrogens is 3. The van der Waals surface area contributed by atoms with E-state index in [4.69, 9.17) is 28.2 Å². The molecule has 4 heterocycles. The molecule has 0 aliphatic heterocycles. The molecule has 6 nitrogen and oxygen atoms in total. The van der Waals surface area contributed by atoms with Crippen LogP contribution in [0.15, 0.2) is 201 Å². The molecule has 0 saturated heterocycles. The zero-order valence-electron chi connectivity index (χ0n) is 36.0. The second-order valence-electron chi connectivity index (χ2n) is 17.8. The minimum absolute atomic E-state index is 0.129. The molecule has 66 heavy (non-hydrogen) atoms. The summed E-state index contributed by atoms with van der Waals surface area (Å²) in [5, 5.41) is 5.90. The van der Waals surface area contributed by atoms with E-state index in [2.05, 4.69) is 129 Å². The summed E-state index contributed by atoms with van der Waals surface area (Å²) in [4.78, 5) is 15.9. The van der Waals surface area contributed by atoms with Gasteiger partial charge in [0.15, 0.2) is 17.5 Å². The fourth-order valence-corrected chi connectivity index (χ4v) is 10.8. The Balaban J connectivity index is 0.964. The summed E-state index contributed by atoms with van der Waals surface area (Å²) in [7, 11) is 0. The number of rotatable bonds is 5. The number of furan rings is 3. The fraction of sp³-hybridized carbons (Fsp3) is 0.0500. The number of hydrogen-bond donors (Lipinski definition) is 0. The van der Waals surface area contributed by atoms with Crippen LogP contribution < -0.4 is 0 Å². The molecule has 6 heteroatoms. The SMILES string of the molecule is CC1(C)c2ccccc2-c2cccc(-c3cccc(-c4ccc5oc6cccc(-c7nc(-c8cccc9c8oc8ccccc89)nc(-c8cccc9oc%10ccccc%10c89)n7)c6c5c4)c3)c21. The molecular weight excluding hydrogens is 811 g/mol. The molecule has 0 amide bonds. The monoisotopic (exact) mass is 847 g/mol. The van der Waals surface area contributed by atoms with Crippen molar-refractivity contribution in [1.29, 1.82) is 0 Å². The van der Waals surface area contributed by atoms with Gasteiger partial charge in [-0.05, 0) is 93.0 Å². The zero-order chi connectivity index (χ0) is 43.7. The van der Waals surface area contributed by atoms with E-state index in [9.17, 15) is 0 Å². The van der Waals surface area contributed by atoms with Crippen LogP contribution in [0.25, 0.3) is 133 Å². The Morgan fingerprint density at radius 1 is 0.333 bits per heavy atom. The fourth-order valence-electron chi connectivity index (χ4n) is 10.8. The maximum Gasteiger partial charge on any atom is 0.167 e. The third-order valence-corrected chi connectivity index (χ3v) is 13.7. The number of benzene rings is 9. The van der Waals surface area contributed by atoms with Gasteiger partial charge in [-0.3, -0.25) is 0 Å². The van der Waals surface area contributed by atoms with Crippen LogP contribution in [-0.2, 0) is 5.41 Å². The molecule has 0 bridgehead atoms. The van der Waals surface area contributed by atoms with E-state index < -0.39 is 0 Å². The van der Waals surface area contributed by atoms with Gasteiger partial charge in [0.05, 0.1) is 5.56 Å². The van der Waals surface area contributed by atoms with E-state index in [0.717, 1.165) is 93.6 Å². The van der Waals surface area contributed by atoms with Crippen LogP contribution in [0.5, 0.6) is 0 Å². The lowest BCUT2D eigenvalue weighted by molar-refractivity contribution is 0.662. The van der Waals surface area contributed by atoms with Crippen molar-refractivity contribution in [2.45, 2.75) is 19.3 Å². The average molecular weight is 848 g/mol. The molecule has 1 aliphatic carbocycles. The highest BCUT2D eigenvalue weighted by atomic mass is 16.3. The molecule has 14 rings (SSSR count). The van der Waals surface area contributed by atoms with Gasteiger partial charge in [-0.2, -0.15) is 0 Å². The summed E-state index contributed by atoms with van der Waals surface area (Å²) in [6, 6.07) is 65.5. The Morgan fingerprint density at radius 3 is 1.62 bits per heavy atom. The number of hydrogen-bond acceptors (Lipinski definition) is 6. The van der Waals surface area contributed by atoms with Crippen LogP contribution >= 0.6 is 0 Å². The van der Waals surface area contributed by atoms with Crippen molar-refractivity contribution in [2.75, 3.05) is 0 Å². The molecule has 0 N–H and O–H groups in total. The van der Waals surface area contributed by atoms with E-state index in [-0.39, 0.29) is 5.41 Å². The summed E-state index contributed by atoms with van der Waals surface area (Å²) >= 11 is 0. The van der Waals surface area contributed by atoms with E-state index in [0.29, 0.717) is 17.5 Å². The molecule has 0 fully saturated rings. The lowest BCUT2D eigenvalue weighted by atomic mass is 9.78. The molecule has 0 unspecified atom stereocenters. The quantitative estimate of drug-likeness (QED) is 0.172. The van der Waals surface area contributed by atoms with Gasteiger partial charge in [0.1, 0.15) is 33.5 Å². The van der Waals surface area contributed by atoms with E-state index in [1.807, 2.05) is 72.8 Å². The van der Waals surface area contributed by atoms with Crippen molar-refractivity contribution in [2.24, 2.45) is 0 Å². The number of fused-ring (bicyclic) bond motifs is 12. The van der Waals surface area contributed by atoms with Crippen molar-refractivity contribution in [1.82, 2.24) is 15.0 Å². The Kier molecular flexibility index (Phi) is 7.64. The third kappa shape index (κ3) is 5.33. The topological polar surface area (TPSA) is 78.1 Å². The van der Waals surface area contributed by atoms with Crippen molar-refractivity contribution >= 4 is 65.8 Å². The predicted molar refractivity (Wildman–Crippen MR) is 266 cm³/mol. The third-order valence-electron chi connectivity index (χ3n) is 13.7. The van der Waals surface area contributed by atoms with Crippen molar-refractivity contribution < 1.29 is 13.3 Å². The van der Waals surface area contributed by atoms with Crippen LogP contribution in [0.1, 0.15) is 25.0 Å². The molecule has 310 valence electrons. The highest BCUT2D eigenvalue weighted by Crippen LogP contribution is 2.52. The molecule has 9 aromatic carbocycles. The zero-order valence-corrected chi connectivity index (χ0v) is 36.0. The Labute approximate surface area is 378 Å². The van der Waals surface area contributed by atoms with Crippen LogP contribution in [0.2, 0.25) is 0 Å². The summed E-state index contributed by atoms with van der Waals surface area (Å²) in [5.74, 6) is 1.56. The average Bonchev–Trinajstić information content (AvgIpc) is 4.12. The van der Waals surface area contributed by atoms with E-state index in [1.165, 1.54) is 33.4 Å². The van der Waals surface area contributed by atoms with Crippen LogP contribution in [-0.4, -0.2) is 15.0 Å². The first kappa shape index (κ1) is 36.8. The minimum Gasteiger partial charge on any atom is -0.456 e. The normalized spacial score (nSPS) is 13.1. The summed E-state index contributed by atoms with van der Waals surface area (Å²) in [5.41, 5.74) is 17.0. The molecule has 0 spiro atoms. The Bertz CT molecular complexity index is 4170. The van der Waals surface area contributed by atoms with Crippen molar-refractivity contribution in [3.8, 4) is 67.5 Å². The van der Waals surface area contributed by atoms with E-state index >= 15 is 0 Å². The van der Waals surface area contributed by atoms with Gasteiger partial charge < -0.3 is 13.3 Å². The van der Waals surface area contributed by atoms with Crippen LogP contribution in [0, 0.1) is 0 Å². The first-order chi connectivity index (χ1) is 32.5. The molecule has 0 radical (unpaired) electrons. The first-order valence-corrected chi connectivity index (χ1v) is 22.3. The first-order valence-electron chi connectivity index (χ1n) is 22.3. The molecule has 0 saturated carbocycles. The Hall–Kier alpha value is -8.61. The lowest BCUT2D eigenvalue weighted by Crippen LogP contribution is -2.16. The number of para-hydroxylation sites is 3. The molecule has 1 aliphatic rings. The van der Waals surface area contributed by atoms with E-state index in [1.54, 1.807) is 0 Å². The van der Waals surface area contributed by atoms with Gasteiger partial charge in [0.25, 0.3) is 0 Å². The maximum absolute atomic E-state index is 6.62. The maximum atomic E-state index is 6.62.